The van der Waals surface area contributed by atoms with Crippen LogP contribution in [-0.4, -0.2) is 99.5 Å². The van der Waals surface area contributed by atoms with Crippen LogP contribution in [0.15, 0.2) is 53.4 Å². The molecule has 2 aliphatic heterocycles. The molecule has 0 bridgehead atoms. The molecule has 0 aliphatic carbocycles. The molecule has 51 heavy (non-hydrogen) atoms. The van der Waals surface area contributed by atoms with Crippen molar-refractivity contribution in [2.24, 2.45) is 0 Å². The zero-order chi connectivity index (χ0) is 37.7. The number of quaternary nitrogens is 1. The van der Waals surface area contributed by atoms with Gasteiger partial charge in [-0.2, -0.15) is 4.31 Å². The molecule has 2 unspecified atom stereocenters. The van der Waals surface area contributed by atoms with Gasteiger partial charge in [0.15, 0.2) is 29.5 Å². The normalized spacial score (nSPS) is 23.0. The van der Waals surface area contributed by atoms with Crippen LogP contribution in [-0.2, 0) is 25.2 Å². The maximum Gasteiger partial charge on any atom is 0.573 e. The minimum absolute atomic E-state index is 0.00558. The van der Waals surface area contributed by atoms with Crippen molar-refractivity contribution in [3.63, 3.8) is 0 Å². The van der Waals surface area contributed by atoms with E-state index in [4.69, 9.17) is 23.7 Å². The highest BCUT2D eigenvalue weighted by Gasteiger charge is 2.72. The van der Waals surface area contributed by atoms with Crippen LogP contribution in [0.5, 0.6) is 34.5 Å². The molecule has 3 aromatic carbocycles. The van der Waals surface area contributed by atoms with Gasteiger partial charge < -0.3 is 33.7 Å². The van der Waals surface area contributed by atoms with Crippen LogP contribution in [0.25, 0.3) is 0 Å². The molecule has 1 fully saturated rings. The van der Waals surface area contributed by atoms with Gasteiger partial charge in [0.1, 0.15) is 28.7 Å². The summed E-state index contributed by atoms with van der Waals surface area (Å²) in [6, 6.07) is 8.09. The number of carbonyl (C=O) groups is 2. The van der Waals surface area contributed by atoms with Crippen LogP contribution in [0.4, 0.5) is 23.2 Å². The Labute approximate surface area is 291 Å². The molecule has 5 rings (SSSR count). The minimum Gasteiger partial charge on any atom is -0.497 e. The van der Waals surface area contributed by atoms with Gasteiger partial charge in [0.05, 0.1) is 59.4 Å². The van der Waals surface area contributed by atoms with Crippen LogP contribution in [0.1, 0.15) is 17.5 Å². The number of nitrogens with one attached hydrogen (secondary N) is 1. The Morgan fingerprint density at radius 2 is 1.43 bits per heavy atom. The van der Waals surface area contributed by atoms with Crippen molar-refractivity contribution in [1.29, 1.82) is 0 Å². The predicted octanol–water partition coefficient (Wildman–Crippen LogP) is 3.91. The van der Waals surface area contributed by atoms with Gasteiger partial charge in [-0.05, 0) is 30.3 Å². The third-order valence-electron chi connectivity index (χ3n) is 9.36. The lowest BCUT2D eigenvalue weighted by molar-refractivity contribution is -0.953. The Hall–Kier alpha value is -4.97. The highest BCUT2D eigenvalue weighted by molar-refractivity contribution is 7.93. The predicted molar refractivity (Wildman–Crippen MR) is 173 cm³/mol. The number of amides is 2. The maximum absolute atomic E-state index is 15.8. The van der Waals surface area contributed by atoms with Crippen LogP contribution in [0.2, 0.25) is 0 Å². The summed E-state index contributed by atoms with van der Waals surface area (Å²) in [6.45, 7) is -0.481. The molecule has 4 atom stereocenters. The molecule has 0 spiro atoms. The van der Waals surface area contributed by atoms with Gasteiger partial charge in [0.2, 0.25) is 5.54 Å². The van der Waals surface area contributed by atoms with Crippen molar-refractivity contribution in [3.05, 3.63) is 59.7 Å². The number of likely N-dealkylation sites (N-methyl/N-ethyl adjacent to an activating group) is 2. The smallest absolute Gasteiger partial charge is 0.497 e. The van der Waals surface area contributed by atoms with Crippen molar-refractivity contribution in [2.45, 2.75) is 35.4 Å². The highest BCUT2D eigenvalue weighted by atomic mass is 32.2. The zero-order valence-electron chi connectivity index (χ0n) is 28.6. The van der Waals surface area contributed by atoms with Gasteiger partial charge in [-0.3, -0.25) is 14.1 Å². The average molecular weight is 743 g/mol. The number of hydrogen-bond acceptors (Lipinski definition) is 10. The van der Waals surface area contributed by atoms with E-state index in [0.717, 1.165) is 19.2 Å². The second kappa shape index (κ2) is 13.3. The summed E-state index contributed by atoms with van der Waals surface area (Å²) in [5, 5.41) is 2.51. The number of methoxy groups -OCH3 is 5. The van der Waals surface area contributed by atoms with Gasteiger partial charge in [-0.25, -0.2) is 12.8 Å². The largest absolute Gasteiger partial charge is 0.573 e. The molecular formula is C33H36F4N3O10S+. The summed E-state index contributed by atoms with van der Waals surface area (Å²) in [5.74, 6) is -3.07. The van der Waals surface area contributed by atoms with E-state index >= 15 is 9.18 Å². The quantitative estimate of drug-likeness (QED) is 0.227. The van der Waals surface area contributed by atoms with E-state index in [1.165, 1.54) is 72.9 Å². The molecule has 13 nitrogen and oxygen atoms in total. The van der Waals surface area contributed by atoms with Crippen molar-refractivity contribution in [2.75, 3.05) is 60.5 Å². The first kappa shape index (κ1) is 37.3. The molecule has 2 amide bonds. The van der Waals surface area contributed by atoms with Gasteiger partial charge >= 0.3 is 12.3 Å². The summed E-state index contributed by atoms with van der Waals surface area (Å²) in [7, 11) is 3.76. The molecule has 0 saturated carbocycles. The number of anilines is 1. The number of likely N-dealkylation sites (tertiary alicyclic amines) is 1. The van der Waals surface area contributed by atoms with Gasteiger partial charge in [0, 0.05) is 31.7 Å². The molecule has 1 saturated heterocycles. The van der Waals surface area contributed by atoms with Gasteiger partial charge in [0.25, 0.3) is 15.9 Å². The average Bonchev–Trinajstić information content (AvgIpc) is 3.55. The first-order valence-electron chi connectivity index (χ1n) is 15.2. The number of ether oxygens (including phenoxy) is 6. The minimum atomic E-state index is -5.36. The van der Waals surface area contributed by atoms with Crippen LogP contribution in [0.3, 0.4) is 0 Å². The number of halogens is 4. The Morgan fingerprint density at radius 3 is 1.98 bits per heavy atom. The van der Waals surface area contributed by atoms with Gasteiger partial charge in [-0.1, -0.05) is 0 Å². The van der Waals surface area contributed by atoms with E-state index in [2.05, 4.69) is 10.1 Å². The summed E-state index contributed by atoms with van der Waals surface area (Å²) < 4.78 is 117. The summed E-state index contributed by atoms with van der Waals surface area (Å²) in [5.41, 5.74) is -2.82. The number of nitrogens with zero attached hydrogens (tertiary/aromatic N) is 2. The molecule has 276 valence electrons. The van der Waals surface area contributed by atoms with Crippen molar-refractivity contribution in [1.82, 2.24) is 5.32 Å². The second-order valence-corrected chi connectivity index (χ2v) is 13.6. The van der Waals surface area contributed by atoms with E-state index in [0.29, 0.717) is 10.4 Å². The Bertz CT molecular complexity index is 1980. The Balaban J connectivity index is 1.97. The van der Waals surface area contributed by atoms with Crippen LogP contribution >= 0.6 is 0 Å². The van der Waals surface area contributed by atoms with Gasteiger partial charge in [-0.15, -0.1) is 13.2 Å². The van der Waals surface area contributed by atoms with Crippen molar-refractivity contribution in [3.8, 4) is 34.5 Å². The molecule has 1 N–H and O–H groups in total. The number of carbonyl (C=O) groups excluding carboxylic acids is 2. The van der Waals surface area contributed by atoms with Crippen LogP contribution in [0, 0.1) is 0 Å². The Kier molecular flexibility index (Phi) is 9.72. The first-order chi connectivity index (χ1) is 24.0. The lowest BCUT2D eigenvalue weighted by Crippen LogP contribution is -2.69. The van der Waals surface area contributed by atoms with Crippen molar-refractivity contribution < 1.29 is 68.5 Å². The standard InChI is InChI=1S/C33H35F4N3O10S/c1-38-30(41)24-12-18(34)17-40(24,2)32(21-10-8-19(45-3)13-25(21)47-5)22-15-26(48-6)27(49-7)16-23(22)39(31(32)42)51(43,44)29-11-9-20(46-4)14-28(29)50-33(35,36)37/h8-11,13-16,18,24H,12,17H2,1-7H3/p+1/t18-,24+,32?,40?/m1/s1. The topological polar surface area (TPSA) is 139 Å². The van der Waals surface area contributed by atoms with E-state index in [1.54, 1.807) is 0 Å². The molecule has 0 aromatic heterocycles. The van der Waals surface area contributed by atoms with E-state index in [-0.39, 0.29) is 52.0 Å². The summed E-state index contributed by atoms with van der Waals surface area (Å²) in [4.78, 5) is 28.1. The van der Waals surface area contributed by atoms with E-state index in [9.17, 15) is 26.4 Å². The fraction of sp³-hybridized carbons (Fsp3) is 0.394. The maximum atomic E-state index is 15.8. The number of hydrogen-bond donors (Lipinski definition) is 1. The number of sulfonamides is 1. The molecule has 0 radical (unpaired) electrons. The first-order valence-corrected chi connectivity index (χ1v) is 16.7. The third kappa shape index (κ3) is 5.79. The molecule has 2 heterocycles. The van der Waals surface area contributed by atoms with Crippen LogP contribution < -0.4 is 38.0 Å². The number of benzene rings is 3. The summed E-state index contributed by atoms with van der Waals surface area (Å²) in [6.07, 6.45) is -7.37. The lowest BCUT2D eigenvalue weighted by atomic mass is 9.78. The fourth-order valence-corrected chi connectivity index (χ4v) is 8.74. The lowest BCUT2D eigenvalue weighted by Gasteiger charge is -2.48. The second-order valence-electron chi connectivity index (χ2n) is 11.8. The monoisotopic (exact) mass is 742 g/mol. The molecule has 3 aromatic rings. The molecule has 2 aliphatic rings. The van der Waals surface area contributed by atoms with Crippen molar-refractivity contribution >= 4 is 27.5 Å². The third-order valence-corrected chi connectivity index (χ3v) is 11.1. The molecule has 18 heteroatoms. The zero-order valence-corrected chi connectivity index (χ0v) is 29.4. The fourth-order valence-electron chi connectivity index (χ4n) is 7.19. The SMILES string of the molecule is CNC(=O)[C@@H]1C[C@@H](F)C[N+]1(C)C1(c2ccc(OC)cc2OC)C(=O)N(S(=O)(=O)c2ccc(OC)cc2OC(F)(F)F)c2cc(OC)c(OC)cc21. The Morgan fingerprint density at radius 1 is 0.863 bits per heavy atom. The molecular weight excluding hydrogens is 706 g/mol. The van der Waals surface area contributed by atoms with E-state index < -0.39 is 67.6 Å². The number of rotatable bonds is 11. The highest BCUT2D eigenvalue weighted by Crippen LogP contribution is 2.60. The number of fused-ring (bicyclic) bond motifs is 1. The number of alkyl halides is 4. The van der Waals surface area contributed by atoms with E-state index in [1.807, 2.05) is 0 Å². The summed E-state index contributed by atoms with van der Waals surface area (Å²) >= 11 is 0.